The molecular weight excluding hydrogens is 370 g/mol. The van der Waals surface area contributed by atoms with E-state index in [1.807, 2.05) is 67.3 Å². The second kappa shape index (κ2) is 7.56. The molecule has 1 atom stereocenters. The van der Waals surface area contributed by atoms with Gasteiger partial charge in [-0.2, -0.15) is 5.43 Å². The van der Waals surface area contributed by atoms with Crippen LogP contribution >= 0.6 is 0 Å². The molecule has 2 N–H and O–H groups in total. The molecule has 1 unspecified atom stereocenters. The lowest BCUT2D eigenvalue weighted by molar-refractivity contribution is -0.163. The van der Waals surface area contributed by atoms with E-state index in [1.165, 1.54) is 4.90 Å². The Morgan fingerprint density at radius 2 is 1.72 bits per heavy atom. The van der Waals surface area contributed by atoms with Crippen molar-refractivity contribution in [1.29, 1.82) is 0 Å². The third-order valence-corrected chi connectivity index (χ3v) is 5.40. The summed E-state index contributed by atoms with van der Waals surface area (Å²) in [5.74, 6) is -1.70. The first-order valence-corrected chi connectivity index (χ1v) is 9.52. The number of aryl methyl sites for hydroxylation is 1. The number of hydrogen-bond donors (Lipinski definition) is 2. The molecule has 2 heterocycles. The zero-order valence-corrected chi connectivity index (χ0v) is 16.4. The van der Waals surface area contributed by atoms with Gasteiger partial charge in [-0.1, -0.05) is 30.3 Å². The quantitative estimate of drug-likeness (QED) is 0.763. The minimum Gasteiger partial charge on any atom is -0.336 e. The minimum atomic E-state index is -0.729. The fourth-order valence-electron chi connectivity index (χ4n) is 3.64. The van der Waals surface area contributed by atoms with Crippen LogP contribution in [0.4, 0.5) is 11.4 Å². The van der Waals surface area contributed by atoms with Crippen LogP contribution in [0, 0.1) is 13.8 Å². The topological polar surface area (TPSA) is 85.0 Å². The van der Waals surface area contributed by atoms with E-state index >= 15 is 0 Å². The molecule has 2 aliphatic heterocycles. The van der Waals surface area contributed by atoms with Crippen LogP contribution < -0.4 is 15.6 Å². The van der Waals surface area contributed by atoms with E-state index in [0.717, 1.165) is 21.8 Å². The third-order valence-electron chi connectivity index (χ3n) is 5.40. The second-order valence-corrected chi connectivity index (χ2v) is 7.22. The van der Waals surface area contributed by atoms with Gasteiger partial charge in [-0.15, -0.1) is 0 Å². The highest BCUT2D eigenvalue weighted by molar-refractivity contribution is 6.35. The number of benzene rings is 2. The average molecular weight is 393 g/mol. The minimum absolute atomic E-state index is 0.259. The zero-order valence-electron chi connectivity index (χ0n) is 16.4. The van der Waals surface area contributed by atoms with Crippen LogP contribution in [0.3, 0.4) is 0 Å². The molecule has 8 heteroatoms. The molecule has 2 aromatic rings. The number of nitrogens with zero attached hydrogens (tertiary/aromatic N) is 3. The number of hydrazine groups is 1. The first-order valence-electron chi connectivity index (χ1n) is 9.52. The first-order chi connectivity index (χ1) is 14.0. The van der Waals surface area contributed by atoms with Crippen LogP contribution in [0.15, 0.2) is 48.5 Å². The van der Waals surface area contributed by atoms with Crippen LogP contribution in [0.1, 0.15) is 11.1 Å². The number of amides is 3. The van der Waals surface area contributed by atoms with E-state index in [2.05, 4.69) is 10.7 Å². The van der Waals surface area contributed by atoms with Crippen molar-refractivity contribution >= 4 is 29.1 Å². The molecule has 0 saturated carbocycles. The van der Waals surface area contributed by atoms with Gasteiger partial charge >= 0.3 is 11.8 Å². The molecule has 29 heavy (non-hydrogen) atoms. The predicted octanol–water partition coefficient (Wildman–Crippen LogP) is 1.22. The number of para-hydroxylation sites is 1. The highest BCUT2D eigenvalue weighted by atomic mass is 16.2. The molecule has 4 rings (SSSR count). The average Bonchev–Trinajstić information content (AvgIpc) is 3.14. The Kier molecular flexibility index (Phi) is 4.94. The summed E-state index contributed by atoms with van der Waals surface area (Å²) in [6.07, 6.45) is -0.504. The normalized spacial score (nSPS) is 18.8. The maximum absolute atomic E-state index is 12.6. The van der Waals surface area contributed by atoms with E-state index in [4.69, 9.17) is 0 Å². The molecule has 150 valence electrons. The van der Waals surface area contributed by atoms with Gasteiger partial charge in [0.1, 0.15) is 6.54 Å². The van der Waals surface area contributed by atoms with Crippen molar-refractivity contribution in [2.45, 2.75) is 20.1 Å². The van der Waals surface area contributed by atoms with Gasteiger partial charge in [0, 0.05) is 24.5 Å². The van der Waals surface area contributed by atoms with E-state index in [9.17, 15) is 14.4 Å². The second-order valence-electron chi connectivity index (χ2n) is 7.22. The lowest BCUT2D eigenvalue weighted by Crippen LogP contribution is -2.68. The number of carbonyl (C=O) groups excluding carboxylic acids is 3. The molecule has 0 aliphatic carbocycles. The Morgan fingerprint density at radius 3 is 2.48 bits per heavy atom. The van der Waals surface area contributed by atoms with Crippen LogP contribution in [-0.4, -0.2) is 53.6 Å². The number of fused-ring (bicyclic) bond motifs is 1. The predicted molar refractivity (Wildman–Crippen MR) is 109 cm³/mol. The van der Waals surface area contributed by atoms with Gasteiger partial charge in [0.15, 0.2) is 6.29 Å². The molecular formula is C21H23N5O3. The highest BCUT2D eigenvalue weighted by Gasteiger charge is 2.45. The van der Waals surface area contributed by atoms with Crippen molar-refractivity contribution in [2.24, 2.45) is 0 Å². The van der Waals surface area contributed by atoms with Crippen LogP contribution in [0.5, 0.6) is 0 Å². The molecule has 8 nitrogen and oxygen atoms in total. The lowest BCUT2D eigenvalue weighted by atomic mass is 10.1. The molecule has 0 bridgehead atoms. The standard InChI is InChI=1S/C21H23N5O3/c1-14-7-6-10-17(15(14)2)22-18(27)13-26-20(29)19(28)25-12-11-24(21(25)23-26)16-8-4-3-5-9-16/h3-10,21,23H,11-13H2,1-2H3,(H,22,27). The monoisotopic (exact) mass is 393 g/mol. The van der Waals surface area contributed by atoms with Gasteiger partial charge in [0.05, 0.1) is 0 Å². The van der Waals surface area contributed by atoms with Crippen molar-refractivity contribution in [3.05, 3.63) is 59.7 Å². The fourth-order valence-corrected chi connectivity index (χ4v) is 3.64. The molecule has 2 aliphatic rings. The number of rotatable bonds is 4. The van der Waals surface area contributed by atoms with Crippen LogP contribution in [0.2, 0.25) is 0 Å². The number of hydrogen-bond acceptors (Lipinski definition) is 5. The largest absolute Gasteiger partial charge is 0.336 e. The summed E-state index contributed by atoms with van der Waals surface area (Å²) >= 11 is 0. The molecule has 2 saturated heterocycles. The van der Waals surface area contributed by atoms with Crippen molar-refractivity contribution in [2.75, 3.05) is 29.9 Å². The molecule has 2 aromatic carbocycles. The fraction of sp³-hybridized carbons (Fsp3) is 0.286. The molecule has 0 spiro atoms. The Morgan fingerprint density at radius 1 is 1.00 bits per heavy atom. The van der Waals surface area contributed by atoms with Crippen molar-refractivity contribution in [3.63, 3.8) is 0 Å². The summed E-state index contributed by atoms with van der Waals surface area (Å²) in [4.78, 5) is 41.1. The number of nitrogens with one attached hydrogen (secondary N) is 2. The molecule has 0 radical (unpaired) electrons. The Balaban J connectivity index is 1.49. The van der Waals surface area contributed by atoms with Gasteiger partial charge in [-0.3, -0.25) is 24.3 Å². The van der Waals surface area contributed by atoms with Crippen molar-refractivity contribution in [3.8, 4) is 0 Å². The summed E-state index contributed by atoms with van der Waals surface area (Å²) in [6, 6.07) is 15.3. The molecule has 2 fully saturated rings. The summed E-state index contributed by atoms with van der Waals surface area (Å²) in [5.41, 5.74) is 6.70. The summed E-state index contributed by atoms with van der Waals surface area (Å²) < 4.78 is 0. The first kappa shape index (κ1) is 18.9. The van der Waals surface area contributed by atoms with Crippen LogP contribution in [0.25, 0.3) is 0 Å². The highest BCUT2D eigenvalue weighted by Crippen LogP contribution is 2.25. The maximum Gasteiger partial charge on any atom is 0.326 e. The van der Waals surface area contributed by atoms with Gasteiger partial charge < -0.3 is 10.2 Å². The summed E-state index contributed by atoms with van der Waals surface area (Å²) in [7, 11) is 0. The lowest BCUT2D eigenvalue weighted by Gasteiger charge is -2.40. The van der Waals surface area contributed by atoms with Gasteiger partial charge in [0.25, 0.3) is 0 Å². The molecule has 0 aromatic heterocycles. The van der Waals surface area contributed by atoms with Gasteiger partial charge in [0.2, 0.25) is 5.91 Å². The van der Waals surface area contributed by atoms with E-state index < -0.39 is 18.1 Å². The number of anilines is 2. The third kappa shape index (κ3) is 3.54. The van der Waals surface area contributed by atoms with Gasteiger partial charge in [-0.05, 0) is 43.2 Å². The maximum atomic E-state index is 12.6. The van der Waals surface area contributed by atoms with Crippen LogP contribution in [-0.2, 0) is 14.4 Å². The smallest absolute Gasteiger partial charge is 0.326 e. The Labute approximate surface area is 169 Å². The van der Waals surface area contributed by atoms with E-state index in [-0.39, 0.29) is 12.5 Å². The van der Waals surface area contributed by atoms with Crippen molar-refractivity contribution < 1.29 is 14.4 Å². The van der Waals surface area contributed by atoms with Crippen molar-refractivity contribution in [1.82, 2.24) is 15.3 Å². The molecule has 3 amide bonds. The Hall–Kier alpha value is -3.39. The SMILES string of the molecule is Cc1cccc(NC(=O)CN2NC3N(CCN3c3ccccc3)C(=O)C2=O)c1C. The Bertz CT molecular complexity index is 962. The summed E-state index contributed by atoms with van der Waals surface area (Å²) in [6.45, 7) is 4.67. The van der Waals surface area contributed by atoms with E-state index in [1.54, 1.807) is 0 Å². The number of carbonyl (C=O) groups is 3. The summed E-state index contributed by atoms with van der Waals surface area (Å²) in [5, 5.41) is 3.93. The zero-order chi connectivity index (χ0) is 20.5. The van der Waals surface area contributed by atoms with Gasteiger partial charge in [-0.25, -0.2) is 0 Å². The van der Waals surface area contributed by atoms with E-state index in [0.29, 0.717) is 18.8 Å².